The van der Waals surface area contributed by atoms with E-state index in [1.165, 1.54) is 27.7 Å². The van der Waals surface area contributed by atoms with Crippen molar-refractivity contribution < 1.29 is 42.9 Å². The normalized spacial score (nSPS) is 22.2. The highest BCUT2D eigenvalue weighted by Crippen LogP contribution is 2.36. The molecule has 13 nitrogen and oxygen atoms in total. The lowest BCUT2D eigenvalue weighted by molar-refractivity contribution is -0.211. The number of hydrogen-bond acceptors (Lipinski definition) is 12. The van der Waals surface area contributed by atoms with Crippen LogP contribution in [0.15, 0.2) is 29.4 Å². The summed E-state index contributed by atoms with van der Waals surface area (Å²) in [6.07, 6.45) is -3.38. The number of ether oxygens (including phenoxy) is 5. The molecule has 2 heterocycles. The SMILES string of the molecule is CCn1c(COc2ccccc2Cl)nnc1S[C@@H]1O[C@H](COC(C)=O)[C@H](OC(C)=O)[C@@H](OC(C)=O)[C@H]1NC(C)=O. The molecule has 1 amide bonds. The van der Waals surface area contributed by atoms with Crippen LogP contribution in [0.2, 0.25) is 5.02 Å². The molecule has 0 bridgehead atoms. The van der Waals surface area contributed by atoms with E-state index in [9.17, 15) is 19.2 Å². The van der Waals surface area contributed by atoms with Crippen LogP contribution in [-0.4, -0.2) is 75.0 Å². The molecular formula is C25H31ClN4O9S. The number of halogens is 1. The van der Waals surface area contributed by atoms with Crippen molar-refractivity contribution in [2.75, 3.05) is 6.61 Å². The van der Waals surface area contributed by atoms with Crippen molar-refractivity contribution in [2.24, 2.45) is 0 Å². The molecule has 0 saturated carbocycles. The minimum Gasteiger partial charge on any atom is -0.484 e. The van der Waals surface area contributed by atoms with Gasteiger partial charge in [0.2, 0.25) is 5.91 Å². The maximum atomic E-state index is 12.2. The summed E-state index contributed by atoms with van der Waals surface area (Å²) < 4.78 is 29.9. The second-order valence-corrected chi connectivity index (χ2v) is 10.2. The number of benzene rings is 1. The average Bonchev–Trinajstić information content (AvgIpc) is 3.26. The van der Waals surface area contributed by atoms with Crippen molar-refractivity contribution in [1.82, 2.24) is 20.1 Å². The third-order valence-corrected chi connectivity index (χ3v) is 7.06. The van der Waals surface area contributed by atoms with Crippen molar-refractivity contribution in [3.63, 3.8) is 0 Å². The van der Waals surface area contributed by atoms with Crippen LogP contribution in [0.4, 0.5) is 0 Å². The highest BCUT2D eigenvalue weighted by atomic mass is 35.5. The van der Waals surface area contributed by atoms with E-state index in [2.05, 4.69) is 15.5 Å². The molecule has 5 atom stereocenters. The third-order valence-electron chi connectivity index (χ3n) is 5.60. The van der Waals surface area contributed by atoms with Gasteiger partial charge >= 0.3 is 17.9 Å². The maximum Gasteiger partial charge on any atom is 0.303 e. The highest BCUT2D eigenvalue weighted by molar-refractivity contribution is 7.99. The second-order valence-electron chi connectivity index (χ2n) is 8.70. The van der Waals surface area contributed by atoms with Crippen LogP contribution in [0.5, 0.6) is 5.75 Å². The summed E-state index contributed by atoms with van der Waals surface area (Å²) in [5.41, 5.74) is -0.924. The van der Waals surface area contributed by atoms with E-state index in [0.717, 1.165) is 11.8 Å². The number of para-hydroxylation sites is 1. The van der Waals surface area contributed by atoms with Gasteiger partial charge in [-0.2, -0.15) is 0 Å². The summed E-state index contributed by atoms with van der Waals surface area (Å²) >= 11 is 7.29. The molecule has 1 N–H and O–H groups in total. The van der Waals surface area contributed by atoms with E-state index in [1.54, 1.807) is 28.8 Å². The Labute approximate surface area is 240 Å². The van der Waals surface area contributed by atoms with E-state index in [0.29, 0.717) is 28.3 Å². The Bertz CT molecular complexity index is 1230. The van der Waals surface area contributed by atoms with Crippen LogP contribution in [0.1, 0.15) is 40.4 Å². The number of hydrogen-bond donors (Lipinski definition) is 1. The zero-order valence-corrected chi connectivity index (χ0v) is 24.2. The Morgan fingerprint density at radius 3 is 2.30 bits per heavy atom. The fraction of sp³-hybridized carbons (Fsp3) is 0.520. The fourth-order valence-electron chi connectivity index (χ4n) is 4.03. The number of amides is 1. The third kappa shape index (κ3) is 8.32. The van der Waals surface area contributed by atoms with Crippen LogP contribution in [0, 0.1) is 0 Å². The maximum absolute atomic E-state index is 12.2. The van der Waals surface area contributed by atoms with E-state index in [1.807, 2.05) is 6.92 Å². The molecule has 1 aromatic carbocycles. The molecule has 0 spiro atoms. The summed E-state index contributed by atoms with van der Waals surface area (Å²) in [7, 11) is 0. The molecule has 1 fully saturated rings. The molecule has 1 aromatic heterocycles. The van der Waals surface area contributed by atoms with Gasteiger partial charge < -0.3 is 33.6 Å². The van der Waals surface area contributed by atoms with Gasteiger partial charge in [0.1, 0.15) is 36.5 Å². The van der Waals surface area contributed by atoms with Crippen LogP contribution in [0.25, 0.3) is 0 Å². The second kappa shape index (κ2) is 14.3. The Hall–Kier alpha value is -3.36. The molecule has 1 aliphatic rings. The Morgan fingerprint density at radius 1 is 1.02 bits per heavy atom. The summed E-state index contributed by atoms with van der Waals surface area (Å²) in [6.45, 7) is 7.01. The molecule has 0 radical (unpaired) electrons. The molecule has 0 unspecified atom stereocenters. The first-order valence-corrected chi connectivity index (χ1v) is 13.6. The van der Waals surface area contributed by atoms with Crippen LogP contribution >= 0.6 is 23.4 Å². The largest absolute Gasteiger partial charge is 0.484 e. The first kappa shape index (κ1) is 31.2. The van der Waals surface area contributed by atoms with Crippen molar-refractivity contribution in [3.8, 4) is 5.75 Å². The van der Waals surface area contributed by atoms with E-state index >= 15 is 0 Å². The minimum absolute atomic E-state index is 0.0749. The average molecular weight is 599 g/mol. The Balaban J connectivity index is 1.93. The first-order chi connectivity index (χ1) is 19.0. The lowest BCUT2D eigenvalue weighted by Gasteiger charge is -2.44. The van der Waals surface area contributed by atoms with Crippen LogP contribution in [-0.2, 0) is 51.3 Å². The van der Waals surface area contributed by atoms with Gasteiger partial charge in [0.15, 0.2) is 23.2 Å². The number of thioether (sulfide) groups is 1. The number of carbonyl (C=O) groups excluding carboxylic acids is 4. The molecule has 1 aliphatic heterocycles. The molecule has 218 valence electrons. The number of nitrogens with zero attached hydrogens (tertiary/aromatic N) is 3. The number of nitrogens with one attached hydrogen (secondary N) is 1. The van der Waals surface area contributed by atoms with Gasteiger partial charge in [0.05, 0.1) is 5.02 Å². The smallest absolute Gasteiger partial charge is 0.303 e. The topological polar surface area (TPSA) is 157 Å². The van der Waals surface area contributed by atoms with E-state index < -0.39 is 53.6 Å². The molecule has 40 heavy (non-hydrogen) atoms. The molecule has 3 rings (SSSR count). The molecular weight excluding hydrogens is 568 g/mol. The van der Waals surface area contributed by atoms with Gasteiger partial charge in [-0.3, -0.25) is 19.2 Å². The zero-order valence-electron chi connectivity index (χ0n) is 22.6. The summed E-state index contributed by atoms with van der Waals surface area (Å²) in [4.78, 5) is 47.8. The number of esters is 3. The molecule has 1 saturated heterocycles. The lowest BCUT2D eigenvalue weighted by atomic mass is 9.97. The van der Waals surface area contributed by atoms with Gasteiger partial charge in [0, 0.05) is 34.2 Å². The van der Waals surface area contributed by atoms with Crippen molar-refractivity contribution >= 4 is 47.2 Å². The van der Waals surface area contributed by atoms with Crippen LogP contribution < -0.4 is 10.1 Å². The summed E-state index contributed by atoms with van der Waals surface area (Å²) in [5.74, 6) is -1.40. The van der Waals surface area contributed by atoms with Gasteiger partial charge in [-0.05, 0) is 19.1 Å². The minimum atomic E-state index is -1.18. The number of rotatable bonds is 11. The summed E-state index contributed by atoms with van der Waals surface area (Å²) in [6, 6.07) is 6.05. The predicted molar refractivity (Wildman–Crippen MR) is 141 cm³/mol. The van der Waals surface area contributed by atoms with Crippen molar-refractivity contribution in [1.29, 1.82) is 0 Å². The lowest BCUT2D eigenvalue weighted by Crippen LogP contribution is -2.65. The predicted octanol–water partition coefficient (Wildman–Crippen LogP) is 2.28. The molecule has 15 heteroatoms. The van der Waals surface area contributed by atoms with Gasteiger partial charge in [0.25, 0.3) is 0 Å². The monoisotopic (exact) mass is 598 g/mol. The number of aromatic nitrogens is 3. The highest BCUT2D eigenvalue weighted by Gasteiger charge is 2.51. The van der Waals surface area contributed by atoms with E-state index in [4.69, 9.17) is 35.3 Å². The van der Waals surface area contributed by atoms with Crippen molar-refractivity contribution in [2.45, 2.75) is 82.7 Å². The Morgan fingerprint density at radius 2 is 1.70 bits per heavy atom. The number of carbonyl (C=O) groups is 4. The zero-order chi connectivity index (χ0) is 29.4. The van der Waals surface area contributed by atoms with Gasteiger partial charge in [-0.25, -0.2) is 0 Å². The van der Waals surface area contributed by atoms with Crippen LogP contribution in [0.3, 0.4) is 0 Å². The standard InChI is InChI=1S/C25H31ClN4O9S/c1-6-30-20(12-36-18-10-8-7-9-17(18)26)28-29-25(30)40-24-21(27-13(2)31)23(38-16(5)34)22(37-15(4)33)19(39-24)11-35-14(3)32/h7-10,19,21-24H,6,11-12H2,1-5H3,(H,27,31)/t19-,21-,22+,23+,24+/m1/s1. The van der Waals surface area contributed by atoms with Crippen molar-refractivity contribution in [3.05, 3.63) is 35.1 Å². The van der Waals surface area contributed by atoms with Gasteiger partial charge in [-0.1, -0.05) is 35.5 Å². The quantitative estimate of drug-likeness (QED) is 0.298. The molecule has 2 aromatic rings. The molecule has 0 aliphatic carbocycles. The summed E-state index contributed by atoms with van der Waals surface area (Å²) in [5, 5.41) is 12.1. The first-order valence-electron chi connectivity index (χ1n) is 12.4. The van der Waals surface area contributed by atoms with E-state index in [-0.39, 0.29) is 13.2 Å². The van der Waals surface area contributed by atoms with Gasteiger partial charge in [-0.15, -0.1) is 10.2 Å². The fourth-order valence-corrected chi connectivity index (χ4v) is 5.45. The Kier molecular flexibility index (Phi) is 11.2.